The van der Waals surface area contributed by atoms with Crippen LogP contribution in [-0.2, 0) is 13.1 Å². The van der Waals surface area contributed by atoms with Crippen molar-refractivity contribution >= 4 is 0 Å². The topological polar surface area (TPSA) is 44.8 Å². The highest BCUT2D eigenvalue weighted by Crippen LogP contribution is 2.08. The van der Waals surface area contributed by atoms with Gasteiger partial charge in [-0.15, -0.1) is 0 Å². The molecule has 0 spiro atoms. The van der Waals surface area contributed by atoms with E-state index in [-0.39, 0.29) is 5.69 Å². The Balaban J connectivity index is 1.84. The fraction of sp³-hybridized carbons (Fsp3) is 0.200. The van der Waals surface area contributed by atoms with E-state index in [9.17, 15) is 4.79 Å². The van der Waals surface area contributed by atoms with E-state index in [0.717, 1.165) is 11.3 Å². The molecular formula is C15H16N4O. The Morgan fingerprint density at radius 2 is 1.85 bits per heavy atom. The molecule has 0 fully saturated rings. The lowest BCUT2D eigenvalue weighted by atomic mass is 10.3. The van der Waals surface area contributed by atoms with E-state index in [1.165, 1.54) is 0 Å². The highest BCUT2D eigenvalue weighted by atomic mass is 16.1. The molecule has 0 N–H and O–H groups in total. The van der Waals surface area contributed by atoms with E-state index in [0.29, 0.717) is 13.1 Å². The molecular weight excluding hydrogens is 252 g/mol. The van der Waals surface area contributed by atoms with E-state index < -0.39 is 0 Å². The molecule has 0 saturated heterocycles. The Hall–Kier alpha value is -2.56. The normalized spacial score (nSPS) is 10.8. The average Bonchev–Trinajstić information content (AvgIpc) is 3.08. The summed E-state index contributed by atoms with van der Waals surface area (Å²) in [4.78, 5) is 12.0. The molecule has 5 nitrogen and oxygen atoms in total. The molecule has 0 unspecified atom stereocenters. The monoisotopic (exact) mass is 268 g/mol. The number of rotatable bonds is 4. The van der Waals surface area contributed by atoms with Crippen LogP contribution in [0.1, 0.15) is 12.5 Å². The van der Waals surface area contributed by atoms with E-state index in [4.69, 9.17) is 0 Å². The van der Waals surface area contributed by atoms with Crippen LogP contribution in [0.4, 0.5) is 0 Å². The Morgan fingerprint density at radius 1 is 1.10 bits per heavy atom. The summed E-state index contributed by atoms with van der Waals surface area (Å²) in [6.07, 6.45) is 7.36. The minimum absolute atomic E-state index is 0.0139. The number of aromatic nitrogens is 4. The Morgan fingerprint density at radius 3 is 2.55 bits per heavy atom. The van der Waals surface area contributed by atoms with Crippen molar-refractivity contribution in [2.24, 2.45) is 0 Å². The van der Waals surface area contributed by atoms with Crippen LogP contribution >= 0.6 is 0 Å². The fourth-order valence-corrected chi connectivity index (χ4v) is 2.17. The maximum Gasteiger partial charge on any atom is 0.328 e. The number of hydrogen-bond acceptors (Lipinski definition) is 2. The molecule has 0 aliphatic rings. The van der Waals surface area contributed by atoms with Crippen molar-refractivity contribution in [3.8, 4) is 5.69 Å². The average molecular weight is 268 g/mol. The van der Waals surface area contributed by atoms with Gasteiger partial charge in [-0.2, -0.15) is 5.10 Å². The van der Waals surface area contributed by atoms with Crippen LogP contribution in [0, 0.1) is 0 Å². The SMILES string of the molecule is CCn1ccn(Cc2cnn(-c3ccccc3)c2)c1=O. The molecule has 0 atom stereocenters. The summed E-state index contributed by atoms with van der Waals surface area (Å²) in [5.41, 5.74) is 2.03. The number of para-hydroxylation sites is 1. The number of aryl methyl sites for hydroxylation is 1. The lowest BCUT2D eigenvalue weighted by molar-refractivity contribution is 0.668. The van der Waals surface area contributed by atoms with Crippen LogP contribution in [-0.4, -0.2) is 18.9 Å². The Kier molecular flexibility index (Phi) is 3.25. The van der Waals surface area contributed by atoms with Gasteiger partial charge in [0.25, 0.3) is 0 Å². The molecule has 2 heterocycles. The largest absolute Gasteiger partial charge is 0.328 e. The molecule has 3 aromatic rings. The van der Waals surface area contributed by atoms with Crippen molar-refractivity contribution in [2.75, 3.05) is 0 Å². The minimum atomic E-state index is 0.0139. The lowest BCUT2D eigenvalue weighted by Gasteiger charge is -2.00. The molecule has 2 aromatic heterocycles. The summed E-state index contributed by atoms with van der Waals surface area (Å²) < 4.78 is 5.19. The molecule has 1 aromatic carbocycles. The number of nitrogens with zero attached hydrogens (tertiary/aromatic N) is 4. The Bertz CT molecular complexity index is 752. The van der Waals surface area contributed by atoms with Crippen LogP contribution < -0.4 is 5.69 Å². The molecule has 0 aliphatic heterocycles. The van der Waals surface area contributed by atoms with E-state index in [2.05, 4.69) is 5.10 Å². The molecule has 3 rings (SSSR count). The van der Waals surface area contributed by atoms with Crippen molar-refractivity contribution in [1.29, 1.82) is 0 Å². The first kappa shape index (κ1) is 12.5. The third-order valence-corrected chi connectivity index (χ3v) is 3.27. The molecule has 102 valence electrons. The first-order valence-electron chi connectivity index (χ1n) is 6.62. The van der Waals surface area contributed by atoms with Crippen LogP contribution in [0.2, 0.25) is 0 Å². The summed E-state index contributed by atoms with van der Waals surface area (Å²) in [5, 5.41) is 4.33. The van der Waals surface area contributed by atoms with Gasteiger partial charge in [0.1, 0.15) is 0 Å². The van der Waals surface area contributed by atoms with Crippen molar-refractivity contribution < 1.29 is 0 Å². The van der Waals surface area contributed by atoms with Gasteiger partial charge < -0.3 is 0 Å². The van der Waals surface area contributed by atoms with Gasteiger partial charge in [-0.1, -0.05) is 18.2 Å². The summed E-state index contributed by atoms with van der Waals surface area (Å²) in [6, 6.07) is 9.92. The van der Waals surface area contributed by atoms with Crippen LogP contribution in [0.5, 0.6) is 0 Å². The molecule has 0 bridgehead atoms. The van der Waals surface area contributed by atoms with Crippen molar-refractivity contribution in [3.63, 3.8) is 0 Å². The van der Waals surface area contributed by atoms with Gasteiger partial charge in [0.2, 0.25) is 0 Å². The number of hydrogen-bond donors (Lipinski definition) is 0. The molecule has 20 heavy (non-hydrogen) atoms. The van der Waals surface area contributed by atoms with Gasteiger partial charge in [0.05, 0.1) is 18.4 Å². The summed E-state index contributed by atoms with van der Waals surface area (Å²) >= 11 is 0. The second kappa shape index (κ2) is 5.21. The zero-order valence-corrected chi connectivity index (χ0v) is 11.3. The molecule has 0 amide bonds. The van der Waals surface area contributed by atoms with Gasteiger partial charge in [-0.3, -0.25) is 9.13 Å². The predicted octanol–water partition coefficient (Wildman–Crippen LogP) is 1.90. The second-order valence-corrected chi connectivity index (χ2v) is 4.62. The maximum absolute atomic E-state index is 12.0. The second-order valence-electron chi connectivity index (χ2n) is 4.62. The van der Waals surface area contributed by atoms with Gasteiger partial charge >= 0.3 is 5.69 Å². The first-order valence-corrected chi connectivity index (χ1v) is 6.62. The van der Waals surface area contributed by atoms with E-state index >= 15 is 0 Å². The van der Waals surface area contributed by atoms with Crippen molar-refractivity contribution in [2.45, 2.75) is 20.0 Å². The zero-order valence-electron chi connectivity index (χ0n) is 11.3. The third-order valence-electron chi connectivity index (χ3n) is 3.27. The highest BCUT2D eigenvalue weighted by Gasteiger charge is 2.05. The summed E-state index contributed by atoms with van der Waals surface area (Å²) in [5.74, 6) is 0. The van der Waals surface area contributed by atoms with Gasteiger partial charge in [0.15, 0.2) is 0 Å². The number of imidazole rings is 1. The van der Waals surface area contributed by atoms with E-state index in [1.807, 2.05) is 60.5 Å². The van der Waals surface area contributed by atoms with Crippen LogP contribution in [0.3, 0.4) is 0 Å². The predicted molar refractivity (Wildman–Crippen MR) is 77.0 cm³/mol. The quantitative estimate of drug-likeness (QED) is 0.725. The summed E-state index contributed by atoms with van der Waals surface area (Å²) in [6.45, 7) is 3.19. The minimum Gasteiger partial charge on any atom is -0.300 e. The number of benzene rings is 1. The summed E-state index contributed by atoms with van der Waals surface area (Å²) in [7, 11) is 0. The van der Waals surface area contributed by atoms with Gasteiger partial charge in [-0.25, -0.2) is 9.48 Å². The molecule has 5 heteroatoms. The van der Waals surface area contributed by atoms with Gasteiger partial charge in [0, 0.05) is 30.7 Å². The highest BCUT2D eigenvalue weighted by molar-refractivity contribution is 5.30. The Labute approximate surface area is 116 Å². The maximum atomic E-state index is 12.0. The van der Waals surface area contributed by atoms with Crippen LogP contribution in [0.25, 0.3) is 5.69 Å². The lowest BCUT2D eigenvalue weighted by Crippen LogP contribution is -2.23. The van der Waals surface area contributed by atoms with Crippen molar-refractivity contribution in [1.82, 2.24) is 18.9 Å². The standard InChI is InChI=1S/C15H16N4O/c1-2-17-8-9-18(15(17)20)11-13-10-16-19(12-13)14-6-4-3-5-7-14/h3-10,12H,2,11H2,1H3. The molecule has 0 saturated carbocycles. The molecule has 0 aliphatic carbocycles. The fourth-order valence-electron chi connectivity index (χ4n) is 2.17. The first-order chi connectivity index (χ1) is 9.78. The van der Waals surface area contributed by atoms with E-state index in [1.54, 1.807) is 15.3 Å². The van der Waals surface area contributed by atoms with Gasteiger partial charge in [-0.05, 0) is 19.1 Å². The third kappa shape index (κ3) is 2.30. The van der Waals surface area contributed by atoms with Crippen molar-refractivity contribution in [3.05, 3.63) is 71.2 Å². The van der Waals surface area contributed by atoms with Crippen LogP contribution in [0.15, 0.2) is 59.9 Å². The zero-order chi connectivity index (χ0) is 13.9. The molecule has 0 radical (unpaired) electrons. The smallest absolute Gasteiger partial charge is 0.300 e.